The van der Waals surface area contributed by atoms with Gasteiger partial charge in [-0.3, -0.25) is 24.2 Å². The number of likely N-dealkylation sites (tertiary alicyclic amines) is 1. The van der Waals surface area contributed by atoms with Crippen molar-refractivity contribution in [3.8, 4) is 0 Å². The summed E-state index contributed by atoms with van der Waals surface area (Å²) in [5.41, 5.74) is 16.1. The number of rotatable bonds is 13. The van der Waals surface area contributed by atoms with Gasteiger partial charge in [-0.1, -0.05) is 0 Å². The predicted molar refractivity (Wildman–Crippen MR) is 118 cm³/mol. The minimum absolute atomic E-state index is 0.00364. The number of aliphatic imine (C=N–C) groups is 1. The van der Waals surface area contributed by atoms with Gasteiger partial charge in [-0.2, -0.15) is 0 Å². The van der Waals surface area contributed by atoms with Crippen LogP contribution in [0, 0.1) is 0 Å². The van der Waals surface area contributed by atoms with Crippen molar-refractivity contribution >= 4 is 35.6 Å². The molecule has 1 aliphatic heterocycles. The number of hydrogen-bond acceptors (Lipinski definition) is 8. The summed E-state index contributed by atoms with van der Waals surface area (Å²) in [5, 5.41) is 32.7. The summed E-state index contributed by atoms with van der Waals surface area (Å²) in [7, 11) is 0. The molecule has 0 radical (unpaired) electrons. The first kappa shape index (κ1) is 28.6. The maximum atomic E-state index is 12.9. The molecule has 0 aromatic carbocycles. The number of amides is 3. The molecule has 5 atom stereocenters. The summed E-state index contributed by atoms with van der Waals surface area (Å²) < 4.78 is 0. The molecule has 1 aliphatic rings. The molecule has 0 saturated carbocycles. The van der Waals surface area contributed by atoms with Crippen molar-refractivity contribution in [1.82, 2.24) is 15.5 Å². The number of aliphatic carboxylic acids is 2. The van der Waals surface area contributed by atoms with Crippen molar-refractivity contribution in [3.63, 3.8) is 0 Å². The SMILES string of the molecule is CC(O)C(N)C(=O)NC(CCCN=C(N)N)C(=O)NC(CC(=O)O)C(=O)N1CCCC1C(=O)O. The fourth-order valence-electron chi connectivity index (χ4n) is 3.39. The normalized spacial score (nSPS) is 18.8. The zero-order valence-corrected chi connectivity index (χ0v) is 18.8. The van der Waals surface area contributed by atoms with Crippen molar-refractivity contribution in [2.45, 2.75) is 69.3 Å². The first-order valence-electron chi connectivity index (χ1n) is 10.7. The van der Waals surface area contributed by atoms with Crippen molar-refractivity contribution in [2.75, 3.05) is 13.1 Å². The van der Waals surface area contributed by atoms with Crippen molar-refractivity contribution in [2.24, 2.45) is 22.2 Å². The highest BCUT2D eigenvalue weighted by atomic mass is 16.4. The quantitative estimate of drug-likeness (QED) is 0.0710. The third kappa shape index (κ3) is 8.82. The highest BCUT2D eigenvalue weighted by molar-refractivity contribution is 5.95. The van der Waals surface area contributed by atoms with Gasteiger partial charge >= 0.3 is 11.9 Å². The Morgan fingerprint density at radius 3 is 2.24 bits per heavy atom. The molecule has 3 amide bonds. The summed E-state index contributed by atoms with van der Waals surface area (Å²) in [6.07, 6.45) is -1.17. The zero-order chi connectivity index (χ0) is 26.0. The van der Waals surface area contributed by atoms with Crippen LogP contribution in [-0.2, 0) is 24.0 Å². The molecule has 0 aliphatic carbocycles. The fraction of sp³-hybridized carbons (Fsp3) is 0.684. The number of hydrogen-bond donors (Lipinski definition) is 8. The Morgan fingerprint density at radius 2 is 1.71 bits per heavy atom. The van der Waals surface area contributed by atoms with Crippen LogP contribution in [0.3, 0.4) is 0 Å². The molecule has 1 fully saturated rings. The van der Waals surface area contributed by atoms with Crippen molar-refractivity contribution in [3.05, 3.63) is 0 Å². The lowest BCUT2D eigenvalue weighted by molar-refractivity contribution is -0.150. The number of carboxylic acids is 2. The van der Waals surface area contributed by atoms with Crippen molar-refractivity contribution < 1.29 is 39.3 Å². The highest BCUT2D eigenvalue weighted by Crippen LogP contribution is 2.19. The van der Waals surface area contributed by atoms with E-state index in [1.165, 1.54) is 6.92 Å². The molecule has 192 valence electrons. The smallest absolute Gasteiger partial charge is 0.326 e. The summed E-state index contributed by atoms with van der Waals surface area (Å²) in [6.45, 7) is 1.51. The van der Waals surface area contributed by atoms with Crippen LogP contribution in [0.1, 0.15) is 39.0 Å². The van der Waals surface area contributed by atoms with E-state index in [0.717, 1.165) is 4.90 Å². The van der Waals surface area contributed by atoms with E-state index in [4.69, 9.17) is 17.2 Å². The molecule has 1 saturated heterocycles. The number of aliphatic hydroxyl groups excluding tert-OH is 1. The van der Waals surface area contributed by atoms with E-state index in [0.29, 0.717) is 6.42 Å². The Balaban J connectivity index is 3.04. The second-order valence-corrected chi connectivity index (χ2v) is 7.96. The summed E-state index contributed by atoms with van der Waals surface area (Å²) >= 11 is 0. The van der Waals surface area contributed by atoms with E-state index in [2.05, 4.69) is 15.6 Å². The summed E-state index contributed by atoms with van der Waals surface area (Å²) in [5.74, 6) is -5.39. The molecular formula is C19H33N7O8. The van der Waals surface area contributed by atoms with Gasteiger partial charge in [0, 0.05) is 13.1 Å². The van der Waals surface area contributed by atoms with Crippen molar-refractivity contribution in [1.29, 1.82) is 0 Å². The highest BCUT2D eigenvalue weighted by Gasteiger charge is 2.39. The molecule has 0 aromatic rings. The molecule has 0 bridgehead atoms. The van der Waals surface area contributed by atoms with Gasteiger partial charge in [0.2, 0.25) is 17.7 Å². The van der Waals surface area contributed by atoms with Crippen LogP contribution in [0.25, 0.3) is 0 Å². The van der Waals surface area contributed by atoms with E-state index in [1.54, 1.807) is 0 Å². The van der Waals surface area contributed by atoms with Gasteiger partial charge < -0.3 is 48.1 Å². The molecule has 1 rings (SSSR count). The summed E-state index contributed by atoms with van der Waals surface area (Å²) in [4.78, 5) is 65.7. The number of carbonyl (C=O) groups is 5. The Bertz CT molecular complexity index is 800. The maximum Gasteiger partial charge on any atom is 0.326 e. The van der Waals surface area contributed by atoms with Crippen LogP contribution < -0.4 is 27.8 Å². The molecule has 15 heteroatoms. The molecular weight excluding hydrogens is 454 g/mol. The third-order valence-corrected chi connectivity index (χ3v) is 5.22. The largest absolute Gasteiger partial charge is 0.481 e. The van der Waals surface area contributed by atoms with Crippen LogP contribution >= 0.6 is 0 Å². The van der Waals surface area contributed by atoms with Gasteiger partial charge in [0.25, 0.3) is 0 Å². The molecule has 34 heavy (non-hydrogen) atoms. The Labute approximate surface area is 195 Å². The standard InChI is InChI=1S/C19H33N7O8/c1-9(27)14(20)16(31)24-10(4-2-6-23-19(21)22)15(30)25-11(8-13(28)29)17(32)26-7-3-5-12(26)18(33)34/h9-12,14,27H,2-8,20H2,1H3,(H,24,31)(H,25,30)(H,28,29)(H,33,34)(H4,21,22,23). The van der Waals surface area contributed by atoms with Gasteiger partial charge in [0.1, 0.15) is 24.2 Å². The second kappa shape index (κ2) is 13.3. The monoisotopic (exact) mass is 487 g/mol. The number of carbonyl (C=O) groups excluding carboxylic acids is 3. The Morgan fingerprint density at radius 1 is 1.09 bits per heavy atom. The molecule has 0 spiro atoms. The van der Waals surface area contributed by atoms with Crippen LogP contribution in [0.4, 0.5) is 0 Å². The van der Waals surface area contributed by atoms with E-state index < -0.39 is 66.4 Å². The minimum Gasteiger partial charge on any atom is -0.481 e. The predicted octanol–water partition coefficient (Wildman–Crippen LogP) is -3.73. The van der Waals surface area contributed by atoms with Gasteiger partial charge in [0.05, 0.1) is 12.5 Å². The lowest BCUT2D eigenvalue weighted by atomic mass is 10.1. The van der Waals surface area contributed by atoms with E-state index >= 15 is 0 Å². The number of aliphatic hydroxyl groups is 1. The van der Waals surface area contributed by atoms with Crippen LogP contribution in [0.5, 0.6) is 0 Å². The van der Waals surface area contributed by atoms with Crippen LogP contribution in [-0.4, -0.2) is 99.2 Å². The lowest BCUT2D eigenvalue weighted by Crippen LogP contribution is -2.58. The van der Waals surface area contributed by atoms with E-state index in [-0.39, 0.29) is 38.3 Å². The average molecular weight is 488 g/mol. The molecule has 5 unspecified atom stereocenters. The molecule has 15 nitrogen and oxygen atoms in total. The first-order valence-corrected chi connectivity index (χ1v) is 10.7. The van der Waals surface area contributed by atoms with E-state index in [1.807, 2.05) is 0 Å². The molecule has 1 heterocycles. The average Bonchev–Trinajstić information content (AvgIpc) is 3.23. The van der Waals surface area contributed by atoms with Gasteiger partial charge in [-0.25, -0.2) is 4.79 Å². The van der Waals surface area contributed by atoms with Crippen LogP contribution in [0.15, 0.2) is 4.99 Å². The Kier molecular flexibility index (Phi) is 11.2. The molecule has 0 aromatic heterocycles. The third-order valence-electron chi connectivity index (χ3n) is 5.22. The summed E-state index contributed by atoms with van der Waals surface area (Å²) in [6, 6.07) is -5.29. The first-order chi connectivity index (χ1) is 15.8. The molecule has 11 N–H and O–H groups in total. The maximum absolute atomic E-state index is 12.9. The topological polar surface area (TPSA) is 264 Å². The zero-order valence-electron chi connectivity index (χ0n) is 18.8. The Hall–Kier alpha value is -3.46. The second-order valence-electron chi connectivity index (χ2n) is 7.96. The van der Waals surface area contributed by atoms with E-state index in [9.17, 15) is 39.3 Å². The number of nitrogens with one attached hydrogen (secondary N) is 2. The van der Waals surface area contributed by atoms with Gasteiger partial charge in [0.15, 0.2) is 5.96 Å². The number of nitrogens with two attached hydrogens (primary N) is 3. The van der Waals surface area contributed by atoms with Gasteiger partial charge in [-0.05, 0) is 32.6 Å². The fourth-order valence-corrected chi connectivity index (χ4v) is 3.39. The van der Waals surface area contributed by atoms with Crippen LogP contribution in [0.2, 0.25) is 0 Å². The number of guanidine groups is 1. The lowest BCUT2D eigenvalue weighted by Gasteiger charge is -2.28. The number of nitrogens with zero attached hydrogens (tertiary/aromatic N) is 2. The van der Waals surface area contributed by atoms with Gasteiger partial charge in [-0.15, -0.1) is 0 Å². The minimum atomic E-state index is -1.56. The number of carboxylic acid groups (broad SMARTS) is 2.